The summed E-state index contributed by atoms with van der Waals surface area (Å²) in [6.07, 6.45) is 1.36. The molecule has 0 unspecified atom stereocenters. The Morgan fingerprint density at radius 1 is 1.42 bits per heavy atom. The zero-order chi connectivity index (χ0) is 17.9. The molecule has 0 radical (unpaired) electrons. The molecule has 0 saturated heterocycles. The largest absolute Gasteiger partial charge is 0.534 e. The van der Waals surface area contributed by atoms with Gasteiger partial charge in [0.2, 0.25) is 5.88 Å². The summed E-state index contributed by atoms with van der Waals surface area (Å²) in [6, 6.07) is -0.440. The first-order valence-electron chi connectivity index (χ1n) is 6.73. The minimum atomic E-state index is -5.94. The van der Waals surface area contributed by atoms with Gasteiger partial charge >= 0.3 is 21.6 Å². The Hall–Kier alpha value is -2.11. The van der Waals surface area contributed by atoms with Crippen molar-refractivity contribution in [3.63, 3.8) is 0 Å². The number of halogens is 3. The second-order valence-corrected chi connectivity index (χ2v) is 7.17. The van der Waals surface area contributed by atoms with E-state index in [9.17, 15) is 31.2 Å². The van der Waals surface area contributed by atoms with Crippen LogP contribution >= 0.6 is 0 Å². The summed E-state index contributed by atoms with van der Waals surface area (Å²) in [7, 11) is -4.79. The lowest BCUT2D eigenvalue weighted by molar-refractivity contribution is -0.144. The molecule has 8 nitrogen and oxygen atoms in total. The van der Waals surface area contributed by atoms with Crippen LogP contribution in [0.4, 0.5) is 13.2 Å². The fourth-order valence-electron chi connectivity index (χ4n) is 2.80. The Labute approximate surface area is 133 Å². The maximum Gasteiger partial charge on any atom is 0.534 e. The van der Waals surface area contributed by atoms with Gasteiger partial charge in [-0.05, 0) is 19.3 Å². The van der Waals surface area contributed by atoms with Gasteiger partial charge in [-0.1, -0.05) is 0 Å². The van der Waals surface area contributed by atoms with Crippen molar-refractivity contribution >= 4 is 16.1 Å². The third-order valence-corrected chi connectivity index (χ3v) is 5.06. The SMILES string of the molecule is COC(=O)[C@@H]1CC2(CC2)c2nc(OS(=O)(=O)C(F)(F)F)cc(=O)n21. The molecule has 1 fully saturated rings. The molecule has 132 valence electrons. The highest BCUT2D eigenvalue weighted by atomic mass is 32.2. The third-order valence-electron chi connectivity index (χ3n) is 4.10. The van der Waals surface area contributed by atoms with Crippen LogP contribution in [0.2, 0.25) is 0 Å². The minimum Gasteiger partial charge on any atom is -0.467 e. The highest BCUT2D eigenvalue weighted by molar-refractivity contribution is 7.87. The van der Waals surface area contributed by atoms with Crippen molar-refractivity contribution in [1.82, 2.24) is 9.55 Å². The van der Waals surface area contributed by atoms with Crippen LogP contribution in [-0.4, -0.2) is 36.6 Å². The van der Waals surface area contributed by atoms with E-state index in [-0.39, 0.29) is 12.2 Å². The fourth-order valence-corrected chi connectivity index (χ4v) is 3.21. The van der Waals surface area contributed by atoms with Crippen LogP contribution in [0.3, 0.4) is 0 Å². The zero-order valence-corrected chi connectivity index (χ0v) is 13.0. The van der Waals surface area contributed by atoms with Crippen LogP contribution in [0, 0.1) is 0 Å². The van der Waals surface area contributed by atoms with Gasteiger partial charge in [0.15, 0.2) is 0 Å². The van der Waals surface area contributed by atoms with Crippen molar-refractivity contribution in [1.29, 1.82) is 0 Å². The molecule has 1 atom stereocenters. The number of methoxy groups -OCH3 is 1. The topological polar surface area (TPSA) is 105 Å². The van der Waals surface area contributed by atoms with E-state index in [4.69, 9.17) is 0 Å². The average Bonchev–Trinajstić information content (AvgIpc) is 3.15. The van der Waals surface area contributed by atoms with Gasteiger partial charge in [-0.25, -0.2) is 4.79 Å². The number of hydrogen-bond acceptors (Lipinski definition) is 7. The van der Waals surface area contributed by atoms with Crippen LogP contribution in [-0.2, 0) is 25.1 Å². The molecule has 1 aromatic rings. The van der Waals surface area contributed by atoms with Crippen molar-refractivity contribution in [2.24, 2.45) is 0 Å². The lowest BCUT2D eigenvalue weighted by Gasteiger charge is -2.13. The number of carbonyl (C=O) groups is 1. The number of alkyl halides is 3. The molecule has 1 saturated carbocycles. The Morgan fingerprint density at radius 2 is 2.04 bits per heavy atom. The first kappa shape index (κ1) is 16.7. The molecule has 2 aliphatic rings. The molecule has 2 heterocycles. The highest BCUT2D eigenvalue weighted by Crippen LogP contribution is 2.57. The number of rotatable bonds is 3. The number of fused-ring (bicyclic) bond motifs is 2. The van der Waals surface area contributed by atoms with Crippen LogP contribution < -0.4 is 9.74 Å². The standard InChI is InChI=1S/C12H11F3N2O6S/c1-22-9(19)6-5-11(2-3-11)10-16-7(4-8(18)17(6)10)23-24(20,21)12(13,14)15/h4,6H,2-3,5H2,1H3/t6-/m0/s1. The van der Waals surface area contributed by atoms with Crippen LogP contribution in [0.1, 0.15) is 31.1 Å². The summed E-state index contributed by atoms with van der Waals surface area (Å²) < 4.78 is 68.8. The number of carbonyl (C=O) groups excluding carboxylic acids is 1. The van der Waals surface area contributed by atoms with Gasteiger partial charge in [-0.3, -0.25) is 9.36 Å². The first-order chi connectivity index (χ1) is 11.0. The van der Waals surface area contributed by atoms with Crippen LogP contribution in [0.25, 0.3) is 0 Å². The molecule has 3 rings (SSSR count). The van der Waals surface area contributed by atoms with Crippen LogP contribution in [0.15, 0.2) is 10.9 Å². The van der Waals surface area contributed by atoms with Gasteiger partial charge < -0.3 is 8.92 Å². The lowest BCUT2D eigenvalue weighted by Crippen LogP contribution is -2.31. The Kier molecular flexibility index (Phi) is 3.45. The Bertz CT molecular complexity index is 872. The van der Waals surface area contributed by atoms with Gasteiger partial charge in [0.1, 0.15) is 11.9 Å². The smallest absolute Gasteiger partial charge is 0.467 e. The highest BCUT2D eigenvalue weighted by Gasteiger charge is 2.57. The van der Waals surface area contributed by atoms with E-state index in [1.165, 1.54) is 0 Å². The summed E-state index contributed by atoms with van der Waals surface area (Å²) in [6.45, 7) is 0. The Morgan fingerprint density at radius 3 is 2.54 bits per heavy atom. The molecular weight excluding hydrogens is 357 g/mol. The molecule has 0 N–H and O–H groups in total. The lowest BCUT2D eigenvalue weighted by atomic mass is 10.0. The number of nitrogens with zero attached hydrogens (tertiary/aromatic N) is 2. The van der Waals surface area contributed by atoms with Crippen LogP contribution in [0.5, 0.6) is 5.88 Å². The zero-order valence-electron chi connectivity index (χ0n) is 12.2. The van der Waals surface area contributed by atoms with Gasteiger partial charge in [0.05, 0.1) is 13.2 Å². The van der Waals surface area contributed by atoms with E-state index in [0.717, 1.165) is 11.7 Å². The fraction of sp³-hybridized carbons (Fsp3) is 0.583. The summed E-state index contributed by atoms with van der Waals surface area (Å²) in [5.41, 5.74) is -7.17. The van der Waals surface area contributed by atoms with Crippen molar-refractivity contribution < 1.29 is 35.3 Å². The average molecular weight is 368 g/mol. The predicted molar refractivity (Wildman–Crippen MR) is 70.7 cm³/mol. The van der Waals surface area contributed by atoms with Crippen molar-refractivity contribution in [3.05, 3.63) is 22.2 Å². The van der Waals surface area contributed by atoms with E-state index in [0.29, 0.717) is 18.9 Å². The number of ether oxygens (including phenoxy) is 1. The molecule has 0 amide bonds. The molecule has 1 aliphatic heterocycles. The van der Waals surface area contributed by atoms with E-state index in [1.807, 2.05) is 0 Å². The van der Waals surface area contributed by atoms with Gasteiger partial charge in [-0.15, -0.1) is 0 Å². The molecule has 0 aromatic carbocycles. The maximum atomic E-state index is 12.4. The van der Waals surface area contributed by atoms with E-state index < -0.39 is 44.5 Å². The summed E-state index contributed by atoms with van der Waals surface area (Å²) in [4.78, 5) is 27.7. The molecule has 12 heteroatoms. The van der Waals surface area contributed by atoms with E-state index in [1.54, 1.807) is 0 Å². The molecular formula is C12H11F3N2O6S. The van der Waals surface area contributed by atoms with Gasteiger partial charge in [-0.2, -0.15) is 26.6 Å². The first-order valence-corrected chi connectivity index (χ1v) is 8.14. The summed E-state index contributed by atoms with van der Waals surface area (Å²) in [5.74, 6) is -1.61. The predicted octanol–water partition coefficient (Wildman–Crippen LogP) is 0.621. The maximum absolute atomic E-state index is 12.4. The van der Waals surface area contributed by atoms with Crippen molar-refractivity contribution in [2.75, 3.05) is 7.11 Å². The van der Waals surface area contributed by atoms with E-state index >= 15 is 0 Å². The molecule has 24 heavy (non-hydrogen) atoms. The number of esters is 1. The monoisotopic (exact) mass is 368 g/mol. The van der Waals surface area contributed by atoms with Gasteiger partial charge in [0, 0.05) is 5.41 Å². The minimum absolute atomic E-state index is 0.0396. The molecule has 0 bridgehead atoms. The second-order valence-electron chi connectivity index (χ2n) is 5.63. The third kappa shape index (κ3) is 2.44. The summed E-state index contributed by atoms with van der Waals surface area (Å²) in [5, 5.41) is 0. The Balaban J connectivity index is 2.06. The van der Waals surface area contributed by atoms with Gasteiger partial charge in [0.25, 0.3) is 5.56 Å². The number of aromatic nitrogens is 2. The molecule has 1 spiro atoms. The summed E-state index contributed by atoms with van der Waals surface area (Å²) >= 11 is 0. The second kappa shape index (κ2) is 4.94. The van der Waals surface area contributed by atoms with Crippen molar-refractivity contribution in [3.8, 4) is 5.88 Å². The van der Waals surface area contributed by atoms with E-state index in [2.05, 4.69) is 13.9 Å². The molecule has 1 aromatic heterocycles. The van der Waals surface area contributed by atoms with Crippen molar-refractivity contribution in [2.45, 2.75) is 36.2 Å². The normalized spacial score (nSPS) is 21.4. The quantitative estimate of drug-likeness (QED) is 0.438. The molecule has 1 aliphatic carbocycles. The number of hydrogen-bond donors (Lipinski definition) is 0.